The summed E-state index contributed by atoms with van der Waals surface area (Å²) in [6, 6.07) is 6.88. The van der Waals surface area contributed by atoms with Crippen molar-refractivity contribution in [3.63, 3.8) is 0 Å². The molecular formula is C16H20N2O4S2. The van der Waals surface area contributed by atoms with Crippen LogP contribution in [0.4, 0.5) is 0 Å². The first-order valence-electron chi connectivity index (χ1n) is 7.80. The maximum atomic E-state index is 13.0. The van der Waals surface area contributed by atoms with Crippen LogP contribution in [0, 0.1) is 5.92 Å². The molecule has 0 bridgehead atoms. The first-order chi connectivity index (χ1) is 11.5. The van der Waals surface area contributed by atoms with E-state index >= 15 is 0 Å². The number of hydrogen-bond acceptors (Lipinski definition) is 6. The van der Waals surface area contributed by atoms with E-state index in [1.165, 1.54) is 7.11 Å². The lowest BCUT2D eigenvalue weighted by Gasteiger charge is -2.19. The SMILES string of the molecule is COC(=O)c1sc2ccccc2c1S(=O)(=O)NC1CCCC1CN. The number of carbonyl (C=O) groups excluding carboxylic acids is 1. The van der Waals surface area contributed by atoms with Crippen molar-refractivity contribution in [3.05, 3.63) is 29.1 Å². The fraction of sp³-hybridized carbons (Fsp3) is 0.438. The van der Waals surface area contributed by atoms with Crippen LogP contribution in [0.15, 0.2) is 29.2 Å². The number of ether oxygens (including phenoxy) is 1. The Balaban J connectivity index is 2.08. The summed E-state index contributed by atoms with van der Waals surface area (Å²) < 4.78 is 34.3. The van der Waals surface area contributed by atoms with Gasteiger partial charge in [-0.25, -0.2) is 17.9 Å². The van der Waals surface area contributed by atoms with Gasteiger partial charge in [-0.2, -0.15) is 0 Å². The molecule has 1 aliphatic rings. The van der Waals surface area contributed by atoms with E-state index in [0.29, 0.717) is 11.9 Å². The molecule has 1 fully saturated rings. The summed E-state index contributed by atoms with van der Waals surface area (Å²) >= 11 is 1.13. The molecule has 0 spiro atoms. The van der Waals surface area contributed by atoms with Gasteiger partial charge in [-0.05, 0) is 31.4 Å². The monoisotopic (exact) mass is 368 g/mol. The normalized spacial score (nSPS) is 21.2. The van der Waals surface area contributed by atoms with Gasteiger partial charge in [0.1, 0.15) is 9.77 Å². The van der Waals surface area contributed by atoms with Crippen LogP contribution in [-0.2, 0) is 14.8 Å². The zero-order chi connectivity index (χ0) is 17.3. The van der Waals surface area contributed by atoms with E-state index in [2.05, 4.69) is 4.72 Å². The fourth-order valence-corrected chi connectivity index (χ4v) is 6.40. The minimum atomic E-state index is -3.85. The van der Waals surface area contributed by atoms with Crippen molar-refractivity contribution in [2.45, 2.75) is 30.2 Å². The number of carbonyl (C=O) groups is 1. The summed E-state index contributed by atoms with van der Waals surface area (Å²) in [5, 5.41) is 0.540. The molecule has 1 heterocycles. The molecule has 1 aliphatic carbocycles. The Bertz CT molecular complexity index is 860. The van der Waals surface area contributed by atoms with Gasteiger partial charge < -0.3 is 10.5 Å². The maximum absolute atomic E-state index is 13.0. The molecule has 0 saturated heterocycles. The van der Waals surface area contributed by atoms with Crippen molar-refractivity contribution in [1.82, 2.24) is 4.72 Å². The highest BCUT2D eigenvalue weighted by atomic mass is 32.2. The fourth-order valence-electron chi connectivity index (χ4n) is 3.25. The van der Waals surface area contributed by atoms with Crippen LogP contribution in [0.2, 0.25) is 0 Å². The third-order valence-corrected chi connectivity index (χ3v) is 7.31. The van der Waals surface area contributed by atoms with Gasteiger partial charge >= 0.3 is 5.97 Å². The largest absolute Gasteiger partial charge is 0.465 e. The van der Waals surface area contributed by atoms with Crippen LogP contribution in [0.1, 0.15) is 28.9 Å². The maximum Gasteiger partial charge on any atom is 0.349 e. The second kappa shape index (κ2) is 6.79. The molecule has 6 nitrogen and oxygen atoms in total. The second-order valence-electron chi connectivity index (χ2n) is 5.90. The lowest BCUT2D eigenvalue weighted by Crippen LogP contribution is -2.40. The predicted octanol–water partition coefficient (Wildman–Crippen LogP) is 2.09. The van der Waals surface area contributed by atoms with Crippen molar-refractivity contribution in [1.29, 1.82) is 0 Å². The summed E-state index contributed by atoms with van der Waals surface area (Å²) in [6.07, 6.45) is 2.62. The van der Waals surface area contributed by atoms with Crippen LogP contribution < -0.4 is 10.5 Å². The summed E-state index contributed by atoms with van der Waals surface area (Å²) in [6.45, 7) is 0.446. The van der Waals surface area contributed by atoms with Gasteiger partial charge in [0.2, 0.25) is 10.0 Å². The van der Waals surface area contributed by atoms with E-state index in [1.54, 1.807) is 18.2 Å². The molecule has 2 atom stereocenters. The molecule has 3 rings (SSSR count). The Morgan fingerprint density at radius 1 is 1.38 bits per heavy atom. The lowest BCUT2D eigenvalue weighted by molar-refractivity contribution is 0.0602. The molecule has 0 aliphatic heterocycles. The van der Waals surface area contributed by atoms with Gasteiger partial charge in [0.15, 0.2) is 0 Å². The Morgan fingerprint density at radius 2 is 2.12 bits per heavy atom. The average molecular weight is 368 g/mol. The number of thiophene rings is 1. The van der Waals surface area contributed by atoms with Crippen LogP contribution >= 0.6 is 11.3 Å². The first-order valence-corrected chi connectivity index (χ1v) is 10.1. The van der Waals surface area contributed by atoms with Gasteiger partial charge in [0.25, 0.3) is 0 Å². The number of methoxy groups -OCH3 is 1. The smallest absolute Gasteiger partial charge is 0.349 e. The number of nitrogens with one attached hydrogen (secondary N) is 1. The van der Waals surface area contributed by atoms with Crippen molar-refractivity contribution in [2.24, 2.45) is 11.7 Å². The molecular weight excluding hydrogens is 348 g/mol. The number of hydrogen-bond donors (Lipinski definition) is 2. The highest BCUT2D eigenvalue weighted by Crippen LogP contribution is 2.36. The zero-order valence-corrected chi connectivity index (χ0v) is 15.0. The van der Waals surface area contributed by atoms with E-state index < -0.39 is 16.0 Å². The molecule has 0 radical (unpaired) electrons. The van der Waals surface area contributed by atoms with E-state index in [9.17, 15) is 13.2 Å². The summed E-state index contributed by atoms with van der Waals surface area (Å²) in [7, 11) is -2.60. The molecule has 0 amide bonds. The Labute approximate surface area is 145 Å². The van der Waals surface area contributed by atoms with Crippen LogP contribution in [-0.4, -0.2) is 34.1 Å². The zero-order valence-electron chi connectivity index (χ0n) is 13.3. The average Bonchev–Trinajstić information content (AvgIpc) is 3.17. The number of rotatable bonds is 5. The number of nitrogens with two attached hydrogens (primary N) is 1. The predicted molar refractivity (Wildman–Crippen MR) is 93.7 cm³/mol. The van der Waals surface area contributed by atoms with E-state index in [-0.39, 0.29) is 21.7 Å². The Morgan fingerprint density at radius 3 is 2.83 bits per heavy atom. The summed E-state index contributed by atoms with van der Waals surface area (Å²) in [5.41, 5.74) is 5.75. The van der Waals surface area contributed by atoms with E-state index in [4.69, 9.17) is 10.5 Å². The molecule has 1 aromatic heterocycles. The van der Waals surface area contributed by atoms with E-state index in [1.807, 2.05) is 6.07 Å². The summed E-state index contributed by atoms with van der Waals surface area (Å²) in [4.78, 5) is 12.2. The van der Waals surface area contributed by atoms with E-state index in [0.717, 1.165) is 35.3 Å². The standard InChI is InChI=1S/C16H20N2O4S2/c1-22-16(19)14-15(11-6-2-3-8-13(11)23-14)24(20,21)18-12-7-4-5-10(12)9-17/h2-3,6,8,10,12,18H,4-5,7,9,17H2,1H3. The highest BCUT2D eigenvalue weighted by Gasteiger charge is 2.34. The van der Waals surface area contributed by atoms with Crippen LogP contribution in [0.5, 0.6) is 0 Å². The van der Waals surface area contributed by atoms with Crippen molar-refractivity contribution >= 4 is 37.4 Å². The van der Waals surface area contributed by atoms with Gasteiger partial charge in [0, 0.05) is 16.1 Å². The minimum absolute atomic E-state index is 0.0117. The molecule has 24 heavy (non-hydrogen) atoms. The number of benzene rings is 1. The van der Waals surface area contributed by atoms with Crippen LogP contribution in [0.3, 0.4) is 0 Å². The number of sulfonamides is 1. The molecule has 1 aromatic carbocycles. The number of fused-ring (bicyclic) bond motifs is 1. The topological polar surface area (TPSA) is 98.5 Å². The quantitative estimate of drug-likeness (QED) is 0.788. The van der Waals surface area contributed by atoms with Crippen molar-refractivity contribution < 1.29 is 17.9 Å². The van der Waals surface area contributed by atoms with Crippen molar-refractivity contribution in [2.75, 3.05) is 13.7 Å². The van der Waals surface area contributed by atoms with Gasteiger partial charge in [-0.1, -0.05) is 24.6 Å². The van der Waals surface area contributed by atoms with Crippen LogP contribution in [0.25, 0.3) is 10.1 Å². The van der Waals surface area contributed by atoms with Gasteiger partial charge in [-0.15, -0.1) is 11.3 Å². The van der Waals surface area contributed by atoms with Gasteiger partial charge in [0.05, 0.1) is 7.11 Å². The molecule has 2 aromatic rings. The molecule has 1 saturated carbocycles. The third kappa shape index (κ3) is 3.06. The number of esters is 1. The third-order valence-electron chi connectivity index (χ3n) is 4.46. The minimum Gasteiger partial charge on any atom is -0.465 e. The van der Waals surface area contributed by atoms with Gasteiger partial charge in [-0.3, -0.25) is 0 Å². The Kier molecular flexibility index (Phi) is 4.91. The second-order valence-corrected chi connectivity index (χ2v) is 8.61. The molecule has 2 unspecified atom stereocenters. The highest BCUT2D eigenvalue weighted by molar-refractivity contribution is 7.90. The Hall–Kier alpha value is -1.48. The molecule has 130 valence electrons. The summed E-state index contributed by atoms with van der Waals surface area (Å²) in [5.74, 6) is -0.510. The first kappa shape index (κ1) is 17.3. The lowest BCUT2D eigenvalue weighted by atomic mass is 10.1. The molecule has 8 heteroatoms. The molecule has 3 N–H and O–H groups in total. The van der Waals surface area contributed by atoms with Crippen molar-refractivity contribution in [3.8, 4) is 0 Å².